The van der Waals surface area contributed by atoms with Crippen molar-refractivity contribution in [2.45, 2.75) is 10.8 Å². The molecule has 0 unspecified atom stereocenters. The van der Waals surface area contributed by atoms with E-state index in [1.165, 1.54) is 3.97 Å². The van der Waals surface area contributed by atoms with Crippen molar-refractivity contribution in [1.29, 1.82) is 0 Å². The predicted molar refractivity (Wildman–Crippen MR) is 88.2 cm³/mol. The van der Waals surface area contributed by atoms with Crippen molar-refractivity contribution < 1.29 is 8.42 Å². The Morgan fingerprint density at radius 1 is 1.10 bits per heavy atom. The van der Waals surface area contributed by atoms with E-state index in [0.29, 0.717) is 5.52 Å². The van der Waals surface area contributed by atoms with Gasteiger partial charge in [0.2, 0.25) is 0 Å². The molecule has 0 saturated heterocycles. The minimum Gasteiger partial charge on any atom is -0.241 e. The van der Waals surface area contributed by atoms with E-state index < -0.39 is 10.0 Å². The largest absolute Gasteiger partial charge is 0.268 e. The maximum absolute atomic E-state index is 12.8. The number of benzene rings is 2. The molecule has 108 valence electrons. The van der Waals surface area contributed by atoms with Crippen LogP contribution < -0.4 is 0 Å². The summed E-state index contributed by atoms with van der Waals surface area (Å²) in [6.07, 6.45) is 1.59. The molecule has 0 fully saturated rings. The molecule has 6 heteroatoms. The first-order valence-corrected chi connectivity index (χ1v) is 8.97. The summed E-state index contributed by atoms with van der Waals surface area (Å²) < 4.78 is 27.7. The Hall–Kier alpha value is -1.30. The standard InChI is InChI=1S/C15H11BrClNO2S/c16-12-6-7-15-14(8-12)11(9-17)10-18(15)21(19,20)13-4-2-1-3-5-13/h1-8,10H,9H2. The Labute approximate surface area is 136 Å². The molecule has 0 aliphatic carbocycles. The molecule has 0 aliphatic rings. The molecule has 0 aliphatic heterocycles. The van der Waals surface area contributed by atoms with Crippen LogP contribution in [0.15, 0.2) is 64.1 Å². The highest BCUT2D eigenvalue weighted by atomic mass is 79.9. The summed E-state index contributed by atoms with van der Waals surface area (Å²) in [6, 6.07) is 13.8. The average Bonchev–Trinajstić information content (AvgIpc) is 2.86. The lowest BCUT2D eigenvalue weighted by Crippen LogP contribution is -2.11. The van der Waals surface area contributed by atoms with Crippen LogP contribution in [-0.4, -0.2) is 12.4 Å². The molecule has 3 aromatic rings. The summed E-state index contributed by atoms with van der Waals surface area (Å²) >= 11 is 9.34. The Morgan fingerprint density at radius 2 is 1.81 bits per heavy atom. The smallest absolute Gasteiger partial charge is 0.241 e. The zero-order valence-electron chi connectivity index (χ0n) is 10.8. The summed E-state index contributed by atoms with van der Waals surface area (Å²) in [6.45, 7) is 0. The number of fused-ring (bicyclic) bond motifs is 1. The topological polar surface area (TPSA) is 39.1 Å². The van der Waals surface area contributed by atoms with Crippen molar-refractivity contribution in [3.8, 4) is 0 Å². The van der Waals surface area contributed by atoms with Gasteiger partial charge >= 0.3 is 0 Å². The summed E-state index contributed by atoms with van der Waals surface area (Å²) in [4.78, 5) is 0.256. The third-order valence-electron chi connectivity index (χ3n) is 3.26. The summed E-state index contributed by atoms with van der Waals surface area (Å²) in [5.41, 5.74) is 1.41. The number of aromatic nitrogens is 1. The molecule has 0 bridgehead atoms. The van der Waals surface area contributed by atoms with Gasteiger partial charge in [0.15, 0.2) is 0 Å². The zero-order chi connectivity index (χ0) is 15.0. The maximum atomic E-state index is 12.8. The van der Waals surface area contributed by atoms with Crippen LogP contribution >= 0.6 is 27.5 Å². The second-order valence-corrected chi connectivity index (χ2v) is 7.56. The molecule has 2 aromatic carbocycles. The molecule has 0 amide bonds. The fraction of sp³-hybridized carbons (Fsp3) is 0.0667. The Balaban J connectivity index is 2.31. The third-order valence-corrected chi connectivity index (χ3v) is 5.73. The van der Waals surface area contributed by atoms with E-state index in [2.05, 4.69) is 15.9 Å². The van der Waals surface area contributed by atoms with Crippen LogP contribution in [0.5, 0.6) is 0 Å². The average molecular weight is 385 g/mol. The second kappa shape index (κ2) is 5.48. The summed E-state index contributed by atoms with van der Waals surface area (Å²) in [7, 11) is -3.62. The first-order valence-electron chi connectivity index (χ1n) is 6.20. The van der Waals surface area contributed by atoms with Gasteiger partial charge < -0.3 is 0 Å². The lowest BCUT2D eigenvalue weighted by atomic mass is 10.2. The quantitative estimate of drug-likeness (QED) is 0.629. The number of rotatable bonds is 3. The summed E-state index contributed by atoms with van der Waals surface area (Å²) in [5.74, 6) is 0.254. The van der Waals surface area contributed by atoms with Gasteiger partial charge in [-0.05, 0) is 35.9 Å². The molecular formula is C15H11BrClNO2S. The van der Waals surface area contributed by atoms with Gasteiger partial charge in [-0.2, -0.15) is 0 Å². The molecule has 0 N–H and O–H groups in total. The van der Waals surface area contributed by atoms with Gasteiger partial charge in [0.05, 0.1) is 10.4 Å². The van der Waals surface area contributed by atoms with E-state index in [4.69, 9.17) is 11.6 Å². The Morgan fingerprint density at radius 3 is 2.48 bits per heavy atom. The van der Waals surface area contributed by atoms with Gasteiger partial charge in [0.25, 0.3) is 10.0 Å². The van der Waals surface area contributed by atoms with Crippen molar-refractivity contribution in [2.75, 3.05) is 0 Å². The summed E-state index contributed by atoms with van der Waals surface area (Å²) in [5, 5.41) is 0.832. The van der Waals surface area contributed by atoms with Crippen molar-refractivity contribution in [3.63, 3.8) is 0 Å². The molecule has 3 nitrogen and oxygen atoms in total. The molecule has 21 heavy (non-hydrogen) atoms. The lowest BCUT2D eigenvalue weighted by molar-refractivity contribution is 0.589. The van der Waals surface area contributed by atoms with E-state index in [1.807, 2.05) is 12.1 Å². The van der Waals surface area contributed by atoms with Crippen LogP contribution in [0.3, 0.4) is 0 Å². The molecule has 0 radical (unpaired) electrons. The van der Waals surface area contributed by atoms with Crippen molar-refractivity contribution in [1.82, 2.24) is 3.97 Å². The zero-order valence-corrected chi connectivity index (χ0v) is 14.0. The highest BCUT2D eigenvalue weighted by molar-refractivity contribution is 9.10. The van der Waals surface area contributed by atoms with Gasteiger partial charge in [-0.25, -0.2) is 12.4 Å². The molecule has 0 atom stereocenters. The number of hydrogen-bond donors (Lipinski definition) is 0. The highest BCUT2D eigenvalue weighted by Gasteiger charge is 2.20. The van der Waals surface area contributed by atoms with E-state index in [9.17, 15) is 8.42 Å². The monoisotopic (exact) mass is 383 g/mol. The van der Waals surface area contributed by atoms with E-state index in [1.54, 1.807) is 42.6 Å². The van der Waals surface area contributed by atoms with Gasteiger partial charge in [0.1, 0.15) is 0 Å². The van der Waals surface area contributed by atoms with E-state index >= 15 is 0 Å². The molecule has 1 aromatic heterocycles. The van der Waals surface area contributed by atoms with Crippen LogP contribution in [-0.2, 0) is 15.9 Å². The number of nitrogens with zero attached hydrogens (tertiary/aromatic N) is 1. The lowest BCUT2D eigenvalue weighted by Gasteiger charge is -2.07. The van der Waals surface area contributed by atoms with Crippen LogP contribution in [0.4, 0.5) is 0 Å². The van der Waals surface area contributed by atoms with Crippen molar-refractivity contribution in [3.05, 3.63) is 64.8 Å². The SMILES string of the molecule is O=S(=O)(c1ccccc1)n1cc(CCl)c2cc(Br)ccc21. The van der Waals surface area contributed by atoms with E-state index in [0.717, 1.165) is 15.4 Å². The van der Waals surface area contributed by atoms with Crippen molar-refractivity contribution >= 4 is 48.5 Å². The minimum atomic E-state index is -3.62. The number of hydrogen-bond acceptors (Lipinski definition) is 2. The van der Waals surface area contributed by atoms with Gasteiger partial charge in [-0.1, -0.05) is 34.1 Å². The Kier molecular flexibility index (Phi) is 3.82. The van der Waals surface area contributed by atoms with Gasteiger partial charge in [0, 0.05) is 21.9 Å². The molecule has 1 heterocycles. The highest BCUT2D eigenvalue weighted by Crippen LogP contribution is 2.29. The normalized spacial score (nSPS) is 11.9. The first-order chi connectivity index (χ1) is 10.0. The third kappa shape index (κ3) is 2.50. The van der Waals surface area contributed by atoms with Crippen LogP contribution in [0, 0.1) is 0 Å². The fourth-order valence-electron chi connectivity index (χ4n) is 2.25. The number of halogens is 2. The molecular weight excluding hydrogens is 374 g/mol. The van der Waals surface area contributed by atoms with Gasteiger partial charge in [-0.15, -0.1) is 11.6 Å². The van der Waals surface area contributed by atoms with Crippen molar-refractivity contribution in [2.24, 2.45) is 0 Å². The molecule has 3 rings (SSSR count). The first kappa shape index (κ1) is 14.6. The van der Waals surface area contributed by atoms with Crippen LogP contribution in [0.25, 0.3) is 10.9 Å². The van der Waals surface area contributed by atoms with Crippen LogP contribution in [0.2, 0.25) is 0 Å². The Bertz CT molecular complexity index is 904. The minimum absolute atomic E-state index is 0.254. The van der Waals surface area contributed by atoms with Gasteiger partial charge in [-0.3, -0.25) is 0 Å². The maximum Gasteiger partial charge on any atom is 0.268 e. The van der Waals surface area contributed by atoms with E-state index in [-0.39, 0.29) is 10.8 Å². The number of alkyl halides is 1. The fourth-order valence-corrected chi connectivity index (χ4v) is 4.24. The molecule has 0 saturated carbocycles. The van der Waals surface area contributed by atoms with Crippen LogP contribution in [0.1, 0.15) is 5.56 Å². The predicted octanol–water partition coefficient (Wildman–Crippen LogP) is 4.38. The second-order valence-electron chi connectivity index (χ2n) is 4.56. The molecule has 0 spiro atoms.